The molecule has 0 radical (unpaired) electrons. The molecule has 0 spiro atoms. The van der Waals surface area contributed by atoms with E-state index in [1.54, 1.807) is 0 Å². The average molecular weight is 332 g/mol. The molecular weight excluding hydrogens is 322 g/mol. The van der Waals surface area contributed by atoms with Crippen molar-refractivity contribution in [2.75, 3.05) is 0 Å². The van der Waals surface area contributed by atoms with Crippen LogP contribution in [0.3, 0.4) is 0 Å². The zero-order chi connectivity index (χ0) is 11.7. The van der Waals surface area contributed by atoms with E-state index in [1.165, 1.54) is 18.2 Å². The van der Waals surface area contributed by atoms with Crippen molar-refractivity contribution >= 4 is 34.2 Å². The number of carbonyl (C=O) groups excluding carboxylic acids is 2. The summed E-state index contributed by atoms with van der Waals surface area (Å²) in [7, 11) is 0. The summed E-state index contributed by atoms with van der Waals surface area (Å²) in [5.74, 6) is -0.456. The van der Waals surface area contributed by atoms with Crippen LogP contribution >= 0.6 is 22.6 Å². The Labute approximate surface area is 106 Å². The van der Waals surface area contributed by atoms with Gasteiger partial charge in [-0.15, -0.1) is 0 Å². The number of rotatable bonds is 4. The van der Waals surface area contributed by atoms with Crippen LogP contribution in [-0.4, -0.2) is 11.6 Å². The number of Topliss-reactive ketones (excluding diaryl/α,β-unsaturated/α-hetero) is 2. The second-order valence-electron chi connectivity index (χ2n) is 3.96. The van der Waals surface area contributed by atoms with Gasteiger partial charge >= 0.3 is 0 Å². The molecule has 1 saturated carbocycles. The SMILES string of the molecule is O=C(CC(=O)C1CC1)c1ccc(F)cc1I. The van der Waals surface area contributed by atoms with Crippen molar-refractivity contribution in [2.24, 2.45) is 5.92 Å². The van der Waals surface area contributed by atoms with E-state index in [9.17, 15) is 14.0 Å². The Morgan fingerprint density at radius 3 is 2.62 bits per heavy atom. The lowest BCUT2D eigenvalue weighted by atomic mass is 10.0. The van der Waals surface area contributed by atoms with E-state index in [1.807, 2.05) is 22.6 Å². The Kier molecular flexibility index (Phi) is 3.37. The topological polar surface area (TPSA) is 34.1 Å². The quantitative estimate of drug-likeness (QED) is 0.483. The minimum absolute atomic E-state index is 0.0186. The summed E-state index contributed by atoms with van der Waals surface area (Å²) in [5.41, 5.74) is 0.441. The van der Waals surface area contributed by atoms with Gasteiger partial charge in [0.15, 0.2) is 5.78 Å². The molecule has 1 aliphatic carbocycles. The summed E-state index contributed by atoms with van der Waals surface area (Å²) in [6.07, 6.45) is 1.77. The van der Waals surface area contributed by atoms with E-state index in [2.05, 4.69) is 0 Å². The Balaban J connectivity index is 2.10. The molecule has 0 heterocycles. The van der Waals surface area contributed by atoms with Crippen LogP contribution in [-0.2, 0) is 4.79 Å². The van der Waals surface area contributed by atoms with Gasteiger partial charge in [0.2, 0.25) is 0 Å². The lowest BCUT2D eigenvalue weighted by Crippen LogP contribution is -2.11. The fourth-order valence-corrected chi connectivity index (χ4v) is 2.30. The highest BCUT2D eigenvalue weighted by atomic mass is 127. The monoisotopic (exact) mass is 332 g/mol. The molecule has 16 heavy (non-hydrogen) atoms. The molecule has 0 saturated heterocycles. The van der Waals surface area contributed by atoms with Crippen LogP contribution in [0.4, 0.5) is 4.39 Å². The molecule has 1 aromatic rings. The van der Waals surface area contributed by atoms with Crippen molar-refractivity contribution < 1.29 is 14.0 Å². The smallest absolute Gasteiger partial charge is 0.171 e. The summed E-state index contributed by atoms with van der Waals surface area (Å²) in [6.45, 7) is 0. The van der Waals surface area contributed by atoms with E-state index in [4.69, 9.17) is 0 Å². The van der Waals surface area contributed by atoms with E-state index in [0.717, 1.165) is 12.8 Å². The zero-order valence-corrected chi connectivity index (χ0v) is 10.7. The van der Waals surface area contributed by atoms with E-state index >= 15 is 0 Å². The first-order chi connectivity index (χ1) is 7.58. The van der Waals surface area contributed by atoms with Gasteiger partial charge in [0.1, 0.15) is 11.6 Å². The van der Waals surface area contributed by atoms with Crippen LogP contribution in [0.1, 0.15) is 29.6 Å². The Morgan fingerprint density at radius 1 is 1.38 bits per heavy atom. The number of ketones is 2. The largest absolute Gasteiger partial charge is 0.299 e. The summed E-state index contributed by atoms with van der Waals surface area (Å²) in [4.78, 5) is 23.2. The molecule has 1 aromatic carbocycles. The van der Waals surface area contributed by atoms with Gasteiger partial charge in [-0.25, -0.2) is 4.39 Å². The molecule has 2 rings (SSSR count). The minimum Gasteiger partial charge on any atom is -0.299 e. The van der Waals surface area contributed by atoms with E-state index in [-0.39, 0.29) is 29.7 Å². The van der Waals surface area contributed by atoms with Crippen LogP contribution in [0.15, 0.2) is 18.2 Å². The second kappa shape index (κ2) is 4.61. The van der Waals surface area contributed by atoms with E-state index in [0.29, 0.717) is 9.13 Å². The average Bonchev–Trinajstić information content (AvgIpc) is 2.99. The second-order valence-corrected chi connectivity index (χ2v) is 5.13. The lowest BCUT2D eigenvalue weighted by molar-refractivity contribution is -0.119. The van der Waals surface area contributed by atoms with Gasteiger partial charge in [-0.05, 0) is 53.6 Å². The maximum absolute atomic E-state index is 12.8. The molecule has 0 unspecified atom stereocenters. The predicted molar refractivity (Wildman–Crippen MR) is 65.8 cm³/mol. The molecule has 2 nitrogen and oxygen atoms in total. The van der Waals surface area contributed by atoms with Crippen molar-refractivity contribution in [2.45, 2.75) is 19.3 Å². The molecule has 0 bridgehead atoms. The zero-order valence-electron chi connectivity index (χ0n) is 8.50. The molecule has 0 aliphatic heterocycles. The summed E-state index contributed by atoms with van der Waals surface area (Å²) < 4.78 is 13.4. The van der Waals surface area contributed by atoms with Crippen LogP contribution in [0.5, 0.6) is 0 Å². The van der Waals surface area contributed by atoms with Crippen molar-refractivity contribution in [1.82, 2.24) is 0 Å². The molecule has 0 aromatic heterocycles. The van der Waals surface area contributed by atoms with Crippen molar-refractivity contribution in [1.29, 1.82) is 0 Å². The molecule has 1 aliphatic rings. The molecule has 0 atom stereocenters. The Bertz CT molecular complexity index is 452. The van der Waals surface area contributed by atoms with Gasteiger partial charge in [-0.3, -0.25) is 9.59 Å². The lowest BCUT2D eigenvalue weighted by Gasteiger charge is -2.03. The minimum atomic E-state index is -0.366. The first-order valence-electron chi connectivity index (χ1n) is 5.09. The highest BCUT2D eigenvalue weighted by molar-refractivity contribution is 14.1. The third-order valence-electron chi connectivity index (χ3n) is 2.60. The fourth-order valence-electron chi connectivity index (χ4n) is 1.52. The maximum Gasteiger partial charge on any atom is 0.171 e. The van der Waals surface area contributed by atoms with Gasteiger partial charge < -0.3 is 0 Å². The van der Waals surface area contributed by atoms with Gasteiger partial charge in [-0.1, -0.05) is 0 Å². The molecule has 1 fully saturated rings. The maximum atomic E-state index is 12.8. The van der Waals surface area contributed by atoms with Gasteiger partial charge in [0.25, 0.3) is 0 Å². The fraction of sp³-hybridized carbons (Fsp3) is 0.333. The molecule has 84 valence electrons. The van der Waals surface area contributed by atoms with Crippen LogP contribution in [0, 0.1) is 15.3 Å². The summed E-state index contributed by atoms with van der Waals surface area (Å²) in [5, 5.41) is 0. The first kappa shape index (κ1) is 11.7. The number of halogens is 2. The summed E-state index contributed by atoms with van der Waals surface area (Å²) >= 11 is 1.91. The normalized spacial score (nSPS) is 14.9. The van der Waals surface area contributed by atoms with Gasteiger partial charge in [0, 0.05) is 15.1 Å². The number of hydrogen-bond acceptors (Lipinski definition) is 2. The van der Waals surface area contributed by atoms with Gasteiger partial charge in [-0.2, -0.15) is 0 Å². The molecule has 0 N–H and O–H groups in total. The van der Waals surface area contributed by atoms with E-state index < -0.39 is 0 Å². The number of benzene rings is 1. The first-order valence-corrected chi connectivity index (χ1v) is 6.17. The van der Waals surface area contributed by atoms with Crippen LogP contribution in [0.2, 0.25) is 0 Å². The van der Waals surface area contributed by atoms with Crippen molar-refractivity contribution in [3.63, 3.8) is 0 Å². The predicted octanol–water partition coefficient (Wildman–Crippen LogP) is 2.98. The third kappa shape index (κ3) is 2.66. The number of carbonyl (C=O) groups is 2. The number of hydrogen-bond donors (Lipinski definition) is 0. The highest BCUT2D eigenvalue weighted by Gasteiger charge is 2.31. The van der Waals surface area contributed by atoms with Crippen LogP contribution < -0.4 is 0 Å². The standard InChI is InChI=1S/C12H10FIO2/c13-8-3-4-9(10(14)5-8)12(16)6-11(15)7-1-2-7/h3-5,7H,1-2,6H2. The summed E-state index contributed by atoms with van der Waals surface area (Å²) in [6, 6.07) is 3.99. The van der Waals surface area contributed by atoms with Crippen LogP contribution in [0.25, 0.3) is 0 Å². The van der Waals surface area contributed by atoms with Crippen molar-refractivity contribution in [3.8, 4) is 0 Å². The molecular formula is C12H10FIO2. The van der Waals surface area contributed by atoms with Crippen molar-refractivity contribution in [3.05, 3.63) is 33.1 Å². The molecule has 4 heteroatoms. The third-order valence-corrected chi connectivity index (χ3v) is 3.49. The van der Waals surface area contributed by atoms with Gasteiger partial charge in [0.05, 0.1) is 6.42 Å². The highest BCUT2D eigenvalue weighted by Crippen LogP contribution is 2.31. The Hall–Kier alpha value is -0.780. The molecule has 0 amide bonds. The Morgan fingerprint density at radius 2 is 2.06 bits per heavy atom.